The van der Waals surface area contributed by atoms with E-state index in [0.717, 1.165) is 28.8 Å². The number of carbonyl (C=O) groups is 1. The molecule has 2 aromatic carbocycles. The standard InChI is InChI=1S/C22H27N5O2S/c1-5-27-21(16-11-13-17(14-12-16)26(3)4)24-25-22(27)30-15-20(28)23-18-9-7-8-10-19(18)29-6-2/h7-14H,5-6,15H2,1-4H3,(H,23,28). The van der Waals surface area contributed by atoms with E-state index in [2.05, 4.69) is 32.5 Å². The van der Waals surface area contributed by atoms with Crippen molar-refractivity contribution in [3.8, 4) is 17.1 Å². The third-order valence-electron chi connectivity index (χ3n) is 4.47. The summed E-state index contributed by atoms with van der Waals surface area (Å²) in [6.45, 7) is 5.22. The summed E-state index contributed by atoms with van der Waals surface area (Å²) in [5.41, 5.74) is 2.79. The molecule has 1 amide bonds. The van der Waals surface area contributed by atoms with Gasteiger partial charge in [0, 0.05) is 31.9 Å². The van der Waals surface area contributed by atoms with Gasteiger partial charge in [-0.25, -0.2) is 0 Å². The minimum Gasteiger partial charge on any atom is -0.492 e. The molecule has 3 rings (SSSR count). The lowest BCUT2D eigenvalue weighted by Gasteiger charge is -2.13. The van der Waals surface area contributed by atoms with Crippen LogP contribution in [0.5, 0.6) is 5.75 Å². The van der Waals surface area contributed by atoms with E-state index < -0.39 is 0 Å². The Kier molecular flexibility index (Phi) is 7.35. The van der Waals surface area contributed by atoms with Gasteiger partial charge in [0.1, 0.15) is 5.75 Å². The minimum absolute atomic E-state index is 0.116. The molecular weight excluding hydrogens is 398 g/mol. The Hall–Kier alpha value is -3.00. The van der Waals surface area contributed by atoms with E-state index in [1.807, 2.05) is 68.9 Å². The molecule has 158 valence electrons. The lowest BCUT2D eigenvalue weighted by Crippen LogP contribution is -2.15. The van der Waals surface area contributed by atoms with Gasteiger partial charge in [-0.1, -0.05) is 23.9 Å². The Bertz CT molecular complexity index is 985. The second-order valence-electron chi connectivity index (χ2n) is 6.76. The molecule has 1 N–H and O–H groups in total. The SMILES string of the molecule is CCOc1ccccc1NC(=O)CSc1nnc(-c2ccc(N(C)C)cc2)n1CC. The third kappa shape index (κ3) is 5.13. The van der Waals surface area contributed by atoms with Gasteiger partial charge in [-0.15, -0.1) is 10.2 Å². The fourth-order valence-corrected chi connectivity index (χ4v) is 3.77. The number of nitrogens with zero attached hydrogens (tertiary/aromatic N) is 4. The summed E-state index contributed by atoms with van der Waals surface area (Å²) in [5.74, 6) is 1.58. The van der Waals surface area contributed by atoms with Gasteiger partial charge in [0.15, 0.2) is 11.0 Å². The third-order valence-corrected chi connectivity index (χ3v) is 5.44. The molecule has 0 radical (unpaired) electrons. The number of benzene rings is 2. The number of ether oxygens (including phenoxy) is 1. The first-order valence-corrected chi connectivity index (χ1v) is 10.9. The molecular formula is C22H27N5O2S. The van der Waals surface area contributed by atoms with Crippen LogP contribution in [0.2, 0.25) is 0 Å². The number of thioether (sulfide) groups is 1. The average Bonchev–Trinajstić information content (AvgIpc) is 3.17. The normalized spacial score (nSPS) is 10.7. The maximum absolute atomic E-state index is 12.5. The molecule has 0 aliphatic carbocycles. The summed E-state index contributed by atoms with van der Waals surface area (Å²) in [6, 6.07) is 15.6. The van der Waals surface area contributed by atoms with E-state index >= 15 is 0 Å². The number of carbonyl (C=O) groups excluding carboxylic acids is 1. The number of amides is 1. The number of para-hydroxylation sites is 2. The smallest absolute Gasteiger partial charge is 0.234 e. The van der Waals surface area contributed by atoms with Crippen LogP contribution in [0.25, 0.3) is 11.4 Å². The van der Waals surface area contributed by atoms with Crippen LogP contribution in [-0.4, -0.2) is 47.1 Å². The van der Waals surface area contributed by atoms with E-state index in [9.17, 15) is 4.79 Å². The molecule has 3 aromatic rings. The molecule has 0 bridgehead atoms. The van der Waals surface area contributed by atoms with E-state index in [4.69, 9.17) is 4.74 Å². The topological polar surface area (TPSA) is 72.3 Å². The molecule has 0 aliphatic rings. The van der Waals surface area contributed by atoms with E-state index in [1.165, 1.54) is 11.8 Å². The van der Waals surface area contributed by atoms with Crippen LogP contribution in [0.1, 0.15) is 13.8 Å². The highest BCUT2D eigenvalue weighted by atomic mass is 32.2. The molecule has 30 heavy (non-hydrogen) atoms. The molecule has 7 nitrogen and oxygen atoms in total. The summed E-state index contributed by atoms with van der Waals surface area (Å²) in [5, 5.41) is 12.3. The van der Waals surface area contributed by atoms with Gasteiger partial charge in [-0.05, 0) is 50.2 Å². The zero-order valence-electron chi connectivity index (χ0n) is 17.8. The summed E-state index contributed by atoms with van der Waals surface area (Å²) in [6.07, 6.45) is 0. The van der Waals surface area contributed by atoms with Crippen LogP contribution >= 0.6 is 11.8 Å². The predicted octanol–water partition coefficient (Wildman–Crippen LogP) is 4.16. The van der Waals surface area contributed by atoms with Crippen molar-refractivity contribution in [3.63, 3.8) is 0 Å². The molecule has 1 heterocycles. The zero-order chi connectivity index (χ0) is 21.5. The lowest BCUT2D eigenvalue weighted by molar-refractivity contribution is -0.113. The van der Waals surface area contributed by atoms with Crippen LogP contribution in [-0.2, 0) is 11.3 Å². The molecule has 1 aromatic heterocycles. The van der Waals surface area contributed by atoms with Gasteiger partial charge in [0.05, 0.1) is 18.0 Å². The summed E-state index contributed by atoms with van der Waals surface area (Å²) in [4.78, 5) is 14.5. The van der Waals surface area contributed by atoms with Crippen molar-refractivity contribution in [2.75, 3.05) is 36.7 Å². The van der Waals surface area contributed by atoms with Gasteiger partial charge in [0.2, 0.25) is 5.91 Å². The van der Waals surface area contributed by atoms with Crippen molar-refractivity contribution in [2.24, 2.45) is 0 Å². The largest absolute Gasteiger partial charge is 0.492 e. The average molecular weight is 426 g/mol. The summed E-state index contributed by atoms with van der Waals surface area (Å²) in [7, 11) is 4.02. The Morgan fingerprint density at radius 1 is 1.10 bits per heavy atom. The fourth-order valence-electron chi connectivity index (χ4n) is 2.97. The molecule has 8 heteroatoms. The van der Waals surface area contributed by atoms with E-state index in [-0.39, 0.29) is 11.7 Å². The number of hydrogen-bond acceptors (Lipinski definition) is 6. The van der Waals surface area contributed by atoms with Gasteiger partial charge in [-0.2, -0.15) is 0 Å². The van der Waals surface area contributed by atoms with Crippen LogP contribution < -0.4 is 15.0 Å². The Balaban J connectivity index is 1.68. The van der Waals surface area contributed by atoms with Crippen molar-refractivity contribution in [1.82, 2.24) is 14.8 Å². The quantitative estimate of drug-likeness (QED) is 0.519. The number of anilines is 2. The highest BCUT2D eigenvalue weighted by Gasteiger charge is 2.15. The van der Waals surface area contributed by atoms with Gasteiger partial charge >= 0.3 is 0 Å². The Morgan fingerprint density at radius 3 is 2.50 bits per heavy atom. The minimum atomic E-state index is -0.116. The first-order valence-electron chi connectivity index (χ1n) is 9.88. The monoisotopic (exact) mass is 425 g/mol. The molecule has 0 saturated heterocycles. The van der Waals surface area contributed by atoms with Crippen LogP contribution in [0, 0.1) is 0 Å². The van der Waals surface area contributed by atoms with Crippen LogP contribution in [0.4, 0.5) is 11.4 Å². The fraction of sp³-hybridized carbons (Fsp3) is 0.318. The lowest BCUT2D eigenvalue weighted by atomic mass is 10.2. The Labute approximate surface area is 181 Å². The first kappa shape index (κ1) is 21.7. The van der Waals surface area contributed by atoms with Gasteiger partial charge < -0.3 is 19.5 Å². The molecule has 0 saturated carbocycles. The van der Waals surface area contributed by atoms with Crippen molar-refractivity contribution in [2.45, 2.75) is 25.5 Å². The molecule has 0 fully saturated rings. The van der Waals surface area contributed by atoms with Crippen LogP contribution in [0.3, 0.4) is 0 Å². The number of hydrogen-bond donors (Lipinski definition) is 1. The molecule has 0 aliphatic heterocycles. The molecule has 0 unspecified atom stereocenters. The number of aromatic nitrogens is 3. The maximum Gasteiger partial charge on any atom is 0.234 e. The van der Waals surface area contributed by atoms with Crippen molar-refractivity contribution in [3.05, 3.63) is 48.5 Å². The second kappa shape index (κ2) is 10.2. The molecule has 0 atom stereocenters. The molecule has 0 spiro atoms. The highest BCUT2D eigenvalue weighted by molar-refractivity contribution is 7.99. The van der Waals surface area contributed by atoms with E-state index in [1.54, 1.807) is 0 Å². The summed E-state index contributed by atoms with van der Waals surface area (Å²) >= 11 is 1.37. The van der Waals surface area contributed by atoms with Crippen LogP contribution in [0.15, 0.2) is 53.7 Å². The zero-order valence-corrected chi connectivity index (χ0v) is 18.6. The number of nitrogens with one attached hydrogen (secondary N) is 1. The predicted molar refractivity (Wildman–Crippen MR) is 122 cm³/mol. The van der Waals surface area contributed by atoms with E-state index in [0.29, 0.717) is 18.0 Å². The number of rotatable bonds is 9. The highest BCUT2D eigenvalue weighted by Crippen LogP contribution is 2.27. The Morgan fingerprint density at radius 2 is 1.83 bits per heavy atom. The van der Waals surface area contributed by atoms with Crippen molar-refractivity contribution >= 4 is 29.0 Å². The van der Waals surface area contributed by atoms with Crippen molar-refractivity contribution < 1.29 is 9.53 Å². The first-order chi connectivity index (χ1) is 14.5. The van der Waals surface area contributed by atoms with Gasteiger partial charge in [-0.3, -0.25) is 4.79 Å². The second-order valence-corrected chi connectivity index (χ2v) is 7.70. The summed E-state index contributed by atoms with van der Waals surface area (Å²) < 4.78 is 7.59. The van der Waals surface area contributed by atoms with Crippen molar-refractivity contribution in [1.29, 1.82) is 0 Å². The maximum atomic E-state index is 12.5. The van der Waals surface area contributed by atoms with Gasteiger partial charge in [0.25, 0.3) is 0 Å².